The van der Waals surface area contributed by atoms with Crippen molar-refractivity contribution in [3.8, 4) is 0 Å². The van der Waals surface area contributed by atoms with Crippen molar-refractivity contribution in [3.63, 3.8) is 0 Å². The van der Waals surface area contributed by atoms with Crippen molar-refractivity contribution < 1.29 is 68.9 Å². The zero-order chi connectivity index (χ0) is 8.93. The first-order chi connectivity index (χ1) is 6.45. The van der Waals surface area contributed by atoms with Crippen molar-refractivity contribution in [1.29, 1.82) is 0 Å². The normalized spacial score (nSPS) is 8.86. The molecule has 2 rings (SSSR count). The molecule has 0 amide bonds. The smallest absolute Gasteiger partial charge is 0.126 e. The van der Waals surface area contributed by atoms with Crippen LogP contribution in [-0.4, -0.2) is 0 Å². The predicted molar refractivity (Wildman–Crippen MR) is 55.4 cm³/mol. The summed E-state index contributed by atoms with van der Waals surface area (Å²) in [7, 11) is 0. The summed E-state index contributed by atoms with van der Waals surface area (Å²) in [5.74, 6) is 0. The van der Waals surface area contributed by atoms with Crippen LogP contribution in [0.15, 0.2) is 60.7 Å². The molecule has 0 aliphatic carbocycles. The summed E-state index contributed by atoms with van der Waals surface area (Å²) >= 11 is 0. The molecule has 0 bridgehead atoms. The zero-order valence-electron chi connectivity index (χ0n) is 8.35. The molecular formula is C13H11Cs. The first kappa shape index (κ1) is 12.4. The van der Waals surface area contributed by atoms with Crippen LogP contribution < -0.4 is 68.9 Å². The SMILES string of the molecule is [Cs+].c1ccc([CH-]c2ccccc2)cc1. The van der Waals surface area contributed by atoms with E-state index in [0.717, 1.165) is 0 Å². The fourth-order valence-electron chi connectivity index (χ4n) is 1.29. The van der Waals surface area contributed by atoms with Crippen LogP contribution >= 0.6 is 0 Å². The quantitative estimate of drug-likeness (QED) is 0.700. The van der Waals surface area contributed by atoms with E-state index < -0.39 is 0 Å². The van der Waals surface area contributed by atoms with E-state index in [1.165, 1.54) is 11.1 Å². The summed E-state index contributed by atoms with van der Waals surface area (Å²) in [6.45, 7) is 0. The van der Waals surface area contributed by atoms with Gasteiger partial charge in [-0.3, -0.25) is 0 Å². The standard InChI is InChI=1S/C13H11.Cs/c1-3-7-12(8-4-1)11-13-9-5-2-6-10-13;/h1-11H;/q-1;+1. The van der Waals surface area contributed by atoms with Gasteiger partial charge in [-0.25, -0.2) is 0 Å². The second-order valence-corrected chi connectivity index (χ2v) is 2.97. The van der Waals surface area contributed by atoms with Crippen LogP contribution in [-0.2, 0) is 0 Å². The Morgan fingerprint density at radius 1 is 0.571 bits per heavy atom. The van der Waals surface area contributed by atoms with E-state index in [0.29, 0.717) is 0 Å². The molecule has 0 unspecified atom stereocenters. The monoisotopic (exact) mass is 300 g/mol. The molecule has 0 N–H and O–H groups in total. The second-order valence-electron chi connectivity index (χ2n) is 2.97. The molecule has 0 aromatic heterocycles. The molecule has 0 fully saturated rings. The third-order valence-corrected chi connectivity index (χ3v) is 1.93. The Morgan fingerprint density at radius 2 is 0.929 bits per heavy atom. The van der Waals surface area contributed by atoms with E-state index in [4.69, 9.17) is 0 Å². The van der Waals surface area contributed by atoms with Gasteiger partial charge in [-0.05, 0) is 0 Å². The van der Waals surface area contributed by atoms with E-state index in [1.54, 1.807) is 0 Å². The Kier molecular flexibility index (Phi) is 6.02. The van der Waals surface area contributed by atoms with Crippen LogP contribution in [0.3, 0.4) is 0 Å². The Balaban J connectivity index is 0.000000980. The van der Waals surface area contributed by atoms with Gasteiger partial charge in [0, 0.05) is 0 Å². The minimum atomic E-state index is 0. The third-order valence-electron chi connectivity index (χ3n) is 1.93. The van der Waals surface area contributed by atoms with Crippen LogP contribution in [0.2, 0.25) is 0 Å². The van der Waals surface area contributed by atoms with E-state index in [9.17, 15) is 0 Å². The number of rotatable bonds is 2. The Morgan fingerprint density at radius 3 is 1.29 bits per heavy atom. The zero-order valence-corrected chi connectivity index (χ0v) is 14.6. The molecule has 0 saturated heterocycles. The molecule has 0 heterocycles. The molecule has 2 aromatic carbocycles. The van der Waals surface area contributed by atoms with E-state index >= 15 is 0 Å². The number of hydrogen-bond donors (Lipinski definition) is 0. The molecule has 64 valence electrons. The van der Waals surface area contributed by atoms with Crippen LogP contribution in [0.1, 0.15) is 11.1 Å². The van der Waals surface area contributed by atoms with Crippen molar-refractivity contribution in [3.05, 3.63) is 78.2 Å². The van der Waals surface area contributed by atoms with Gasteiger partial charge in [-0.2, -0.15) is 0 Å². The molecule has 0 atom stereocenters. The van der Waals surface area contributed by atoms with Crippen LogP contribution in [0.4, 0.5) is 0 Å². The third kappa shape index (κ3) is 3.85. The second kappa shape index (κ2) is 6.77. The summed E-state index contributed by atoms with van der Waals surface area (Å²) in [4.78, 5) is 0. The molecule has 0 aliphatic rings. The van der Waals surface area contributed by atoms with E-state index in [1.807, 2.05) is 12.1 Å². The maximum atomic E-state index is 2.17. The van der Waals surface area contributed by atoms with Gasteiger partial charge in [0.15, 0.2) is 0 Å². The molecule has 1 heteroatoms. The van der Waals surface area contributed by atoms with Gasteiger partial charge in [0.2, 0.25) is 0 Å². The number of benzene rings is 2. The predicted octanol–water partition coefficient (Wildman–Crippen LogP) is 0.291. The Bertz CT molecular complexity index is 316. The minimum Gasteiger partial charge on any atom is -0.126 e. The van der Waals surface area contributed by atoms with E-state index in [2.05, 4.69) is 55.0 Å². The summed E-state index contributed by atoms with van der Waals surface area (Å²) < 4.78 is 0. The Hall–Kier alpha value is 0.362. The van der Waals surface area contributed by atoms with Gasteiger partial charge in [0.25, 0.3) is 0 Å². The van der Waals surface area contributed by atoms with Crippen molar-refractivity contribution in [2.75, 3.05) is 0 Å². The minimum absolute atomic E-state index is 0. The van der Waals surface area contributed by atoms with Crippen molar-refractivity contribution in [1.82, 2.24) is 0 Å². The summed E-state index contributed by atoms with van der Waals surface area (Å²) in [5, 5.41) is 0. The van der Waals surface area contributed by atoms with Gasteiger partial charge in [-0.15, -0.1) is 41.8 Å². The largest absolute Gasteiger partial charge is 1.00 e. The number of hydrogen-bond acceptors (Lipinski definition) is 0. The maximum absolute atomic E-state index is 2.17. The van der Waals surface area contributed by atoms with Crippen molar-refractivity contribution in [2.24, 2.45) is 0 Å². The van der Waals surface area contributed by atoms with Crippen LogP contribution in [0.25, 0.3) is 0 Å². The van der Waals surface area contributed by atoms with Crippen molar-refractivity contribution >= 4 is 0 Å². The van der Waals surface area contributed by atoms with Gasteiger partial charge in [0.1, 0.15) is 0 Å². The van der Waals surface area contributed by atoms with E-state index in [-0.39, 0.29) is 68.9 Å². The average Bonchev–Trinajstić information content (AvgIpc) is 2.21. The van der Waals surface area contributed by atoms with Gasteiger partial charge in [-0.1, -0.05) is 36.4 Å². The molecule has 0 nitrogen and oxygen atoms in total. The van der Waals surface area contributed by atoms with Gasteiger partial charge < -0.3 is 0 Å². The summed E-state index contributed by atoms with van der Waals surface area (Å²) in [6, 6.07) is 20.7. The molecule has 0 radical (unpaired) electrons. The molecule has 0 aliphatic heterocycles. The molecular weight excluding hydrogens is 289 g/mol. The molecule has 0 spiro atoms. The molecule has 2 aromatic rings. The fraction of sp³-hybridized carbons (Fsp3) is 0. The average molecular weight is 300 g/mol. The fourth-order valence-corrected chi connectivity index (χ4v) is 1.29. The first-order valence-electron chi connectivity index (χ1n) is 4.40. The molecule has 0 saturated carbocycles. The molecule has 14 heavy (non-hydrogen) atoms. The van der Waals surface area contributed by atoms with Gasteiger partial charge >= 0.3 is 68.9 Å². The Labute approximate surface area is 144 Å². The first-order valence-corrected chi connectivity index (χ1v) is 4.40. The van der Waals surface area contributed by atoms with Crippen LogP contribution in [0, 0.1) is 6.42 Å². The maximum Gasteiger partial charge on any atom is 1.00 e. The van der Waals surface area contributed by atoms with Gasteiger partial charge in [0.05, 0.1) is 0 Å². The topological polar surface area (TPSA) is 0 Å². The summed E-state index contributed by atoms with van der Waals surface area (Å²) in [5.41, 5.74) is 2.49. The van der Waals surface area contributed by atoms with Crippen LogP contribution in [0.5, 0.6) is 0 Å². The summed E-state index contributed by atoms with van der Waals surface area (Å²) in [6.07, 6.45) is 2.17. The van der Waals surface area contributed by atoms with Crippen molar-refractivity contribution in [2.45, 2.75) is 0 Å².